The normalized spacial score (nSPS) is 19.5. The van der Waals surface area contributed by atoms with Gasteiger partial charge in [0.05, 0.1) is 12.2 Å². The fourth-order valence-corrected chi connectivity index (χ4v) is 4.01. The number of rotatable bonds is 7. The van der Waals surface area contributed by atoms with Crippen molar-refractivity contribution in [3.8, 4) is 0 Å². The van der Waals surface area contributed by atoms with Gasteiger partial charge in [-0.25, -0.2) is 13.1 Å². The summed E-state index contributed by atoms with van der Waals surface area (Å²) in [5.74, 6) is -1.32. The molecule has 0 aliphatic carbocycles. The van der Waals surface area contributed by atoms with Crippen LogP contribution in [0.5, 0.6) is 0 Å². The summed E-state index contributed by atoms with van der Waals surface area (Å²) in [6.07, 6.45) is -4.90. The second kappa shape index (κ2) is 8.03. The lowest BCUT2D eigenvalue weighted by atomic mass is 9.77. The molecule has 1 atom stereocenters. The summed E-state index contributed by atoms with van der Waals surface area (Å²) < 4.78 is 68.0. The molecule has 142 valence electrons. The number of hydrogen-bond donors (Lipinski definition) is 2. The molecule has 1 aliphatic heterocycles. The monoisotopic (exact) mass is 381 g/mol. The number of sulfonamides is 1. The van der Waals surface area contributed by atoms with Crippen molar-refractivity contribution < 1.29 is 31.4 Å². The highest BCUT2D eigenvalue weighted by molar-refractivity contribution is 7.89. The van der Waals surface area contributed by atoms with Crippen LogP contribution in [0.3, 0.4) is 0 Å². The smallest absolute Gasteiger partial charge is 0.383 e. The van der Waals surface area contributed by atoms with Crippen molar-refractivity contribution in [2.75, 3.05) is 25.5 Å². The van der Waals surface area contributed by atoms with Crippen LogP contribution in [0.2, 0.25) is 0 Å². The Balaban J connectivity index is 2.14. The summed E-state index contributed by atoms with van der Waals surface area (Å²) in [5.41, 5.74) is -0.975. The average molecular weight is 381 g/mol. The number of halogens is 3. The van der Waals surface area contributed by atoms with E-state index in [1.54, 1.807) is 30.3 Å². The van der Waals surface area contributed by atoms with Gasteiger partial charge in [-0.1, -0.05) is 30.3 Å². The molecular weight excluding hydrogens is 359 g/mol. The summed E-state index contributed by atoms with van der Waals surface area (Å²) in [5, 5.41) is 11.2. The first-order valence-corrected chi connectivity index (χ1v) is 9.67. The van der Waals surface area contributed by atoms with Crippen LogP contribution in [0.4, 0.5) is 13.2 Å². The van der Waals surface area contributed by atoms with E-state index in [-0.39, 0.29) is 12.5 Å². The summed E-state index contributed by atoms with van der Waals surface area (Å²) >= 11 is 0. The zero-order valence-electron chi connectivity index (χ0n) is 13.6. The first-order chi connectivity index (χ1) is 11.6. The van der Waals surface area contributed by atoms with Crippen molar-refractivity contribution in [3.05, 3.63) is 35.9 Å². The predicted molar refractivity (Wildman–Crippen MR) is 86.3 cm³/mol. The van der Waals surface area contributed by atoms with Crippen LogP contribution in [-0.4, -0.2) is 45.2 Å². The molecule has 1 aromatic carbocycles. The standard InChI is InChI=1S/C16H22F3NO4S/c17-16(18,19)8-11-25(22,23)20-12-15(21,13-4-2-1-3-5-13)14-6-9-24-10-7-14/h1-5,14,20-21H,6-12H2. The van der Waals surface area contributed by atoms with Crippen LogP contribution in [0.1, 0.15) is 24.8 Å². The average Bonchev–Trinajstić information content (AvgIpc) is 2.59. The fourth-order valence-electron chi connectivity index (χ4n) is 2.93. The lowest BCUT2D eigenvalue weighted by Gasteiger charge is -2.39. The van der Waals surface area contributed by atoms with E-state index in [1.165, 1.54) is 0 Å². The topological polar surface area (TPSA) is 75.6 Å². The molecule has 1 fully saturated rings. The van der Waals surface area contributed by atoms with Gasteiger partial charge in [-0.15, -0.1) is 0 Å². The molecule has 1 unspecified atom stereocenters. The Bertz CT molecular complexity index is 645. The van der Waals surface area contributed by atoms with Crippen molar-refractivity contribution in [1.82, 2.24) is 4.72 Å². The molecule has 0 spiro atoms. The second-order valence-electron chi connectivity index (χ2n) is 6.18. The molecule has 5 nitrogen and oxygen atoms in total. The molecule has 0 aromatic heterocycles. The predicted octanol–water partition coefficient (Wildman–Crippen LogP) is 2.17. The minimum Gasteiger partial charge on any atom is -0.383 e. The van der Waals surface area contributed by atoms with Gasteiger partial charge in [-0.05, 0) is 24.3 Å². The third kappa shape index (κ3) is 5.95. The van der Waals surface area contributed by atoms with Gasteiger partial charge in [0, 0.05) is 19.8 Å². The molecule has 0 saturated carbocycles. The van der Waals surface area contributed by atoms with Crippen molar-refractivity contribution in [3.63, 3.8) is 0 Å². The van der Waals surface area contributed by atoms with Gasteiger partial charge >= 0.3 is 6.18 Å². The number of aliphatic hydroxyl groups is 1. The molecule has 0 amide bonds. The van der Waals surface area contributed by atoms with Gasteiger partial charge < -0.3 is 9.84 Å². The molecule has 1 aromatic rings. The largest absolute Gasteiger partial charge is 0.390 e. The quantitative estimate of drug-likeness (QED) is 0.759. The van der Waals surface area contributed by atoms with E-state index in [1.807, 2.05) is 0 Å². The lowest BCUT2D eigenvalue weighted by Crippen LogP contribution is -2.48. The van der Waals surface area contributed by atoms with E-state index in [2.05, 4.69) is 4.72 Å². The van der Waals surface area contributed by atoms with Gasteiger partial charge in [0.1, 0.15) is 5.60 Å². The maximum Gasteiger partial charge on any atom is 0.390 e. The SMILES string of the molecule is O=S(=O)(CCC(F)(F)F)NCC(O)(c1ccccc1)C1CCOCC1. The van der Waals surface area contributed by atoms with Crippen LogP contribution < -0.4 is 4.72 Å². The van der Waals surface area contributed by atoms with Crippen LogP contribution in [0, 0.1) is 5.92 Å². The summed E-state index contributed by atoms with van der Waals surface area (Å²) in [6.45, 7) is 0.517. The molecule has 1 saturated heterocycles. The van der Waals surface area contributed by atoms with E-state index in [9.17, 15) is 26.7 Å². The first-order valence-electron chi connectivity index (χ1n) is 8.02. The Kier molecular flexibility index (Phi) is 6.47. The first kappa shape index (κ1) is 20.2. The summed E-state index contributed by atoms with van der Waals surface area (Å²) in [6, 6.07) is 8.57. The number of hydrogen-bond acceptors (Lipinski definition) is 4. The Hall–Kier alpha value is -1.16. The highest BCUT2D eigenvalue weighted by Crippen LogP contribution is 2.36. The molecule has 2 N–H and O–H groups in total. The Morgan fingerprint density at radius 1 is 1.16 bits per heavy atom. The van der Waals surface area contributed by atoms with Crippen molar-refractivity contribution in [2.45, 2.75) is 31.0 Å². The third-order valence-corrected chi connectivity index (χ3v) is 5.71. The third-order valence-electron chi connectivity index (χ3n) is 4.39. The molecule has 25 heavy (non-hydrogen) atoms. The summed E-state index contributed by atoms with van der Waals surface area (Å²) in [7, 11) is -4.16. The maximum absolute atomic E-state index is 12.3. The molecule has 9 heteroatoms. The Morgan fingerprint density at radius 3 is 2.32 bits per heavy atom. The van der Waals surface area contributed by atoms with E-state index in [4.69, 9.17) is 4.74 Å². The molecule has 0 radical (unpaired) electrons. The lowest BCUT2D eigenvalue weighted by molar-refractivity contribution is -0.130. The van der Waals surface area contributed by atoms with E-state index < -0.39 is 34.0 Å². The molecule has 2 rings (SSSR count). The van der Waals surface area contributed by atoms with Gasteiger partial charge in [0.2, 0.25) is 10.0 Å². The second-order valence-corrected chi connectivity index (χ2v) is 8.11. The Labute approximate surface area is 145 Å². The molecule has 1 heterocycles. The minimum atomic E-state index is -4.55. The molecular formula is C16H22F3NO4S. The van der Waals surface area contributed by atoms with Gasteiger partial charge in [0.15, 0.2) is 0 Å². The van der Waals surface area contributed by atoms with Crippen LogP contribution >= 0.6 is 0 Å². The fraction of sp³-hybridized carbons (Fsp3) is 0.625. The van der Waals surface area contributed by atoms with Crippen molar-refractivity contribution >= 4 is 10.0 Å². The highest BCUT2D eigenvalue weighted by atomic mass is 32.2. The number of nitrogens with one attached hydrogen (secondary N) is 1. The van der Waals surface area contributed by atoms with Gasteiger partial charge in [-0.3, -0.25) is 0 Å². The number of ether oxygens (including phenoxy) is 1. The zero-order chi connectivity index (χ0) is 18.6. The minimum absolute atomic E-state index is 0.256. The van der Waals surface area contributed by atoms with E-state index in [0.717, 1.165) is 0 Å². The maximum atomic E-state index is 12.3. The van der Waals surface area contributed by atoms with Crippen LogP contribution in [-0.2, 0) is 20.4 Å². The van der Waals surface area contributed by atoms with Gasteiger partial charge in [0.25, 0.3) is 0 Å². The summed E-state index contributed by atoms with van der Waals surface area (Å²) in [4.78, 5) is 0. The van der Waals surface area contributed by atoms with E-state index >= 15 is 0 Å². The zero-order valence-corrected chi connectivity index (χ0v) is 14.4. The molecule has 1 aliphatic rings. The molecule has 0 bridgehead atoms. The number of alkyl halides is 3. The highest BCUT2D eigenvalue weighted by Gasteiger charge is 2.40. The van der Waals surface area contributed by atoms with Crippen molar-refractivity contribution in [1.29, 1.82) is 0 Å². The Morgan fingerprint density at radius 2 is 1.76 bits per heavy atom. The van der Waals surface area contributed by atoms with Gasteiger partial charge in [-0.2, -0.15) is 13.2 Å². The van der Waals surface area contributed by atoms with Crippen LogP contribution in [0.15, 0.2) is 30.3 Å². The van der Waals surface area contributed by atoms with Crippen molar-refractivity contribution in [2.24, 2.45) is 5.92 Å². The van der Waals surface area contributed by atoms with Crippen LogP contribution in [0.25, 0.3) is 0 Å². The number of benzene rings is 1. The van der Waals surface area contributed by atoms with E-state index in [0.29, 0.717) is 31.6 Å².